The van der Waals surface area contributed by atoms with E-state index in [9.17, 15) is 9.90 Å². The molecule has 1 aromatic heterocycles. The Balaban J connectivity index is 1.49. The number of ether oxygens (including phenoxy) is 1. The Bertz CT molecular complexity index is 556. The van der Waals surface area contributed by atoms with E-state index < -0.39 is 5.60 Å². The second-order valence-corrected chi connectivity index (χ2v) is 7.52. The van der Waals surface area contributed by atoms with Gasteiger partial charge < -0.3 is 14.7 Å². The van der Waals surface area contributed by atoms with Gasteiger partial charge in [-0.15, -0.1) is 0 Å². The van der Waals surface area contributed by atoms with Gasteiger partial charge in [0.15, 0.2) is 0 Å². The Hall–Kier alpha value is -1.66. The van der Waals surface area contributed by atoms with Crippen molar-refractivity contribution in [2.75, 3.05) is 39.3 Å². The molecule has 1 aromatic rings. The highest BCUT2D eigenvalue weighted by Crippen LogP contribution is 2.29. The number of hydrogen-bond donors (Lipinski definition) is 1. The van der Waals surface area contributed by atoms with E-state index >= 15 is 0 Å². The third-order valence-electron chi connectivity index (χ3n) is 4.42. The van der Waals surface area contributed by atoms with Crippen LogP contribution in [0, 0.1) is 5.92 Å². The van der Waals surface area contributed by atoms with E-state index in [0.29, 0.717) is 37.0 Å². The summed E-state index contributed by atoms with van der Waals surface area (Å²) in [7, 11) is 0. The predicted molar refractivity (Wildman–Crippen MR) is 91.1 cm³/mol. The van der Waals surface area contributed by atoms with E-state index in [1.165, 1.54) is 12.8 Å². The van der Waals surface area contributed by atoms with Crippen LogP contribution in [0.5, 0.6) is 5.88 Å². The molecule has 6 nitrogen and oxygen atoms in total. The summed E-state index contributed by atoms with van der Waals surface area (Å²) in [5, 5.41) is 9.89. The number of carbonyl (C=O) groups is 1. The lowest BCUT2D eigenvalue weighted by molar-refractivity contribution is 0.0178. The van der Waals surface area contributed by atoms with Gasteiger partial charge in [-0.1, -0.05) is 0 Å². The fraction of sp³-hybridized carbons (Fsp3) is 0.667. The molecule has 0 radical (unpaired) electrons. The first kappa shape index (κ1) is 17.2. The molecule has 1 N–H and O–H groups in total. The molecule has 1 aliphatic carbocycles. The zero-order chi connectivity index (χ0) is 17.2. The fourth-order valence-electron chi connectivity index (χ4n) is 2.92. The number of pyridine rings is 1. The number of β-amino-alcohol motifs (C(OH)–C–C–N with tert-alkyl or cyclic N) is 1. The Kier molecular flexibility index (Phi) is 5.06. The van der Waals surface area contributed by atoms with Gasteiger partial charge in [0.2, 0.25) is 5.88 Å². The number of aromatic nitrogens is 1. The molecule has 24 heavy (non-hydrogen) atoms. The van der Waals surface area contributed by atoms with E-state index in [-0.39, 0.29) is 5.91 Å². The minimum atomic E-state index is -0.702. The zero-order valence-electron chi connectivity index (χ0n) is 14.6. The van der Waals surface area contributed by atoms with E-state index in [1.807, 2.05) is 18.7 Å². The number of amides is 1. The smallest absolute Gasteiger partial charge is 0.255 e. The lowest BCUT2D eigenvalue weighted by atomic mass is 10.1. The van der Waals surface area contributed by atoms with E-state index in [4.69, 9.17) is 4.74 Å². The number of carbonyl (C=O) groups excluding carboxylic acids is 1. The number of nitrogens with zero attached hydrogens (tertiary/aromatic N) is 3. The van der Waals surface area contributed by atoms with E-state index in [2.05, 4.69) is 9.88 Å². The van der Waals surface area contributed by atoms with Crippen LogP contribution in [0.2, 0.25) is 0 Å². The molecule has 0 bridgehead atoms. The molecule has 2 heterocycles. The molecule has 0 unspecified atom stereocenters. The average molecular weight is 333 g/mol. The first-order valence-corrected chi connectivity index (χ1v) is 8.73. The minimum absolute atomic E-state index is 0.0131. The van der Waals surface area contributed by atoms with Crippen molar-refractivity contribution in [3.63, 3.8) is 0 Å². The van der Waals surface area contributed by atoms with Crippen molar-refractivity contribution >= 4 is 5.91 Å². The second-order valence-electron chi connectivity index (χ2n) is 7.52. The number of aliphatic hydroxyl groups is 1. The van der Waals surface area contributed by atoms with Crippen molar-refractivity contribution in [2.45, 2.75) is 32.3 Å². The van der Waals surface area contributed by atoms with Crippen molar-refractivity contribution in [1.29, 1.82) is 0 Å². The van der Waals surface area contributed by atoms with Crippen molar-refractivity contribution in [3.8, 4) is 5.88 Å². The molecular formula is C18H27N3O3. The maximum Gasteiger partial charge on any atom is 0.255 e. The topological polar surface area (TPSA) is 65.9 Å². The molecule has 2 fully saturated rings. The van der Waals surface area contributed by atoms with Gasteiger partial charge in [-0.25, -0.2) is 4.98 Å². The fourth-order valence-corrected chi connectivity index (χ4v) is 2.92. The van der Waals surface area contributed by atoms with Gasteiger partial charge in [-0.05, 0) is 38.7 Å². The lowest BCUT2D eigenvalue weighted by Gasteiger charge is -2.37. The van der Waals surface area contributed by atoms with Gasteiger partial charge in [0.05, 0.1) is 17.8 Å². The van der Waals surface area contributed by atoms with Crippen LogP contribution < -0.4 is 4.74 Å². The van der Waals surface area contributed by atoms with E-state index in [1.54, 1.807) is 18.3 Å². The Morgan fingerprint density at radius 1 is 1.29 bits per heavy atom. The van der Waals surface area contributed by atoms with Gasteiger partial charge in [-0.3, -0.25) is 9.69 Å². The van der Waals surface area contributed by atoms with Gasteiger partial charge in [-0.2, -0.15) is 0 Å². The molecule has 1 saturated heterocycles. The number of piperazine rings is 1. The summed E-state index contributed by atoms with van der Waals surface area (Å²) in [5.74, 6) is 1.29. The van der Waals surface area contributed by atoms with Gasteiger partial charge in [0, 0.05) is 45.0 Å². The Labute approximate surface area is 143 Å². The van der Waals surface area contributed by atoms with Gasteiger partial charge in [0.25, 0.3) is 5.91 Å². The van der Waals surface area contributed by atoms with Crippen molar-refractivity contribution in [2.24, 2.45) is 5.92 Å². The maximum atomic E-state index is 12.6. The highest BCUT2D eigenvalue weighted by molar-refractivity contribution is 5.94. The Morgan fingerprint density at radius 3 is 2.54 bits per heavy atom. The van der Waals surface area contributed by atoms with Crippen molar-refractivity contribution in [3.05, 3.63) is 23.9 Å². The molecule has 2 aliphatic rings. The van der Waals surface area contributed by atoms with Gasteiger partial charge in [0.1, 0.15) is 0 Å². The molecule has 0 spiro atoms. The van der Waals surface area contributed by atoms with Crippen LogP contribution >= 0.6 is 0 Å². The first-order chi connectivity index (χ1) is 11.4. The van der Waals surface area contributed by atoms with Gasteiger partial charge >= 0.3 is 0 Å². The van der Waals surface area contributed by atoms with Crippen molar-refractivity contribution < 1.29 is 14.6 Å². The SMILES string of the molecule is CC(C)(O)CN1CCN(C(=O)c2ccc(OCC3CC3)nc2)CC1. The predicted octanol–water partition coefficient (Wildman–Crippen LogP) is 1.40. The van der Waals surface area contributed by atoms with Crippen LogP contribution in [0.15, 0.2) is 18.3 Å². The average Bonchev–Trinajstić information content (AvgIpc) is 3.36. The largest absolute Gasteiger partial charge is 0.477 e. The third-order valence-corrected chi connectivity index (χ3v) is 4.42. The molecule has 3 rings (SSSR count). The Morgan fingerprint density at radius 2 is 2.00 bits per heavy atom. The molecule has 1 saturated carbocycles. The maximum absolute atomic E-state index is 12.6. The summed E-state index contributed by atoms with van der Waals surface area (Å²) < 4.78 is 5.60. The normalized spacial score (nSPS) is 19.4. The van der Waals surface area contributed by atoms with Crippen LogP contribution in [0.3, 0.4) is 0 Å². The molecule has 0 aromatic carbocycles. The number of rotatable bonds is 6. The summed E-state index contributed by atoms with van der Waals surface area (Å²) in [4.78, 5) is 20.8. The highest BCUT2D eigenvalue weighted by atomic mass is 16.5. The monoisotopic (exact) mass is 333 g/mol. The van der Waals surface area contributed by atoms with E-state index in [0.717, 1.165) is 19.7 Å². The molecule has 6 heteroatoms. The standard InChI is InChI=1S/C18H27N3O3/c1-18(2,23)13-20-7-9-21(10-8-20)17(22)15-5-6-16(19-11-15)24-12-14-3-4-14/h5-6,11,14,23H,3-4,7-10,12-13H2,1-2H3. The third kappa shape index (κ3) is 4.92. The molecule has 132 valence electrons. The van der Waals surface area contributed by atoms with Crippen molar-refractivity contribution in [1.82, 2.24) is 14.8 Å². The first-order valence-electron chi connectivity index (χ1n) is 8.73. The summed E-state index contributed by atoms with van der Waals surface area (Å²) in [5.41, 5.74) is -0.100. The summed E-state index contributed by atoms with van der Waals surface area (Å²) >= 11 is 0. The zero-order valence-corrected chi connectivity index (χ0v) is 14.6. The molecule has 1 aliphatic heterocycles. The summed E-state index contributed by atoms with van der Waals surface area (Å²) in [6.45, 7) is 7.89. The lowest BCUT2D eigenvalue weighted by Crippen LogP contribution is -2.52. The molecule has 1 amide bonds. The minimum Gasteiger partial charge on any atom is -0.477 e. The van der Waals surface area contributed by atoms with Crippen LogP contribution in [-0.2, 0) is 0 Å². The van der Waals surface area contributed by atoms with Crippen LogP contribution in [0.25, 0.3) is 0 Å². The highest BCUT2D eigenvalue weighted by Gasteiger charge is 2.26. The van der Waals surface area contributed by atoms with Crippen LogP contribution in [-0.4, -0.2) is 70.7 Å². The van der Waals surface area contributed by atoms with Crippen LogP contribution in [0.1, 0.15) is 37.0 Å². The molecule has 0 atom stereocenters. The summed E-state index contributed by atoms with van der Waals surface area (Å²) in [6, 6.07) is 3.57. The number of hydrogen-bond acceptors (Lipinski definition) is 5. The quantitative estimate of drug-likeness (QED) is 0.852. The molecular weight excluding hydrogens is 306 g/mol. The second kappa shape index (κ2) is 7.07. The summed E-state index contributed by atoms with van der Waals surface area (Å²) in [6.07, 6.45) is 4.10. The van der Waals surface area contributed by atoms with Crippen LogP contribution in [0.4, 0.5) is 0 Å².